The third-order valence-electron chi connectivity index (χ3n) is 7.06. The number of nitrogens with one attached hydrogen (secondary N) is 1. The standard InChI is InChI=1S/C25H32F3N7O3/c26-25(27,28)38-21-6-2-1-5-20(21)29-24(36)35-15-13-34(14-16-35)23-8-7-22(30-31-23)33-11-9-32(10-12-33)18-19-4-3-17-37-19/h1-2,5-8,19H,3-4,9-18H2,(H,29,36). The van der Waals surface area contributed by atoms with E-state index in [0.29, 0.717) is 32.3 Å². The summed E-state index contributed by atoms with van der Waals surface area (Å²) in [6.45, 7) is 7.46. The summed E-state index contributed by atoms with van der Waals surface area (Å²) >= 11 is 0. The molecule has 0 spiro atoms. The molecule has 2 aromatic rings. The van der Waals surface area contributed by atoms with Crippen LogP contribution in [0.15, 0.2) is 36.4 Å². The summed E-state index contributed by atoms with van der Waals surface area (Å²) in [5.74, 6) is 1.13. The van der Waals surface area contributed by atoms with Gasteiger partial charge in [-0.1, -0.05) is 12.1 Å². The lowest BCUT2D eigenvalue weighted by molar-refractivity contribution is -0.274. The number of aromatic nitrogens is 2. The van der Waals surface area contributed by atoms with Crippen LogP contribution in [0.2, 0.25) is 0 Å². The van der Waals surface area contributed by atoms with E-state index in [1.807, 2.05) is 17.0 Å². The predicted molar refractivity (Wildman–Crippen MR) is 136 cm³/mol. The minimum atomic E-state index is -4.85. The zero-order chi connectivity index (χ0) is 26.5. The van der Waals surface area contributed by atoms with E-state index in [1.54, 1.807) is 4.90 Å². The molecule has 0 radical (unpaired) electrons. The molecule has 1 unspecified atom stereocenters. The number of halogens is 3. The molecule has 38 heavy (non-hydrogen) atoms. The van der Waals surface area contributed by atoms with Crippen LogP contribution >= 0.6 is 0 Å². The van der Waals surface area contributed by atoms with E-state index in [9.17, 15) is 18.0 Å². The zero-order valence-corrected chi connectivity index (χ0v) is 21.1. The van der Waals surface area contributed by atoms with Crippen molar-refractivity contribution in [3.05, 3.63) is 36.4 Å². The summed E-state index contributed by atoms with van der Waals surface area (Å²) in [7, 11) is 0. The lowest BCUT2D eigenvalue weighted by atomic mass is 10.2. The average Bonchev–Trinajstić information content (AvgIpc) is 3.43. The molecule has 10 nitrogen and oxygen atoms in total. The molecular formula is C25H32F3N7O3. The van der Waals surface area contributed by atoms with E-state index < -0.39 is 18.1 Å². The third kappa shape index (κ3) is 6.76. The number of carbonyl (C=O) groups is 1. The maximum absolute atomic E-state index is 12.7. The number of hydrogen-bond donors (Lipinski definition) is 1. The number of hydrogen-bond acceptors (Lipinski definition) is 8. The SMILES string of the molecule is O=C(Nc1ccccc1OC(F)(F)F)N1CCN(c2ccc(N3CCN(CC4CCCO4)CC3)nn2)CC1. The Morgan fingerprint density at radius 2 is 1.58 bits per heavy atom. The Morgan fingerprint density at radius 3 is 2.16 bits per heavy atom. The lowest BCUT2D eigenvalue weighted by Gasteiger charge is -2.37. The van der Waals surface area contributed by atoms with Crippen LogP contribution in [-0.2, 0) is 4.74 Å². The highest BCUT2D eigenvalue weighted by Crippen LogP contribution is 2.30. The Morgan fingerprint density at radius 1 is 0.947 bits per heavy atom. The van der Waals surface area contributed by atoms with Crippen molar-refractivity contribution in [2.45, 2.75) is 25.3 Å². The van der Waals surface area contributed by atoms with E-state index in [-0.39, 0.29) is 5.69 Å². The second-order valence-electron chi connectivity index (χ2n) is 9.62. The molecule has 206 valence electrons. The van der Waals surface area contributed by atoms with Crippen LogP contribution in [0.3, 0.4) is 0 Å². The molecule has 3 fully saturated rings. The number of alkyl halides is 3. The highest BCUT2D eigenvalue weighted by atomic mass is 19.4. The summed E-state index contributed by atoms with van der Waals surface area (Å²) in [4.78, 5) is 21.0. The molecule has 1 aromatic carbocycles. The Balaban J connectivity index is 1.09. The van der Waals surface area contributed by atoms with Crippen LogP contribution in [0.25, 0.3) is 0 Å². The highest BCUT2D eigenvalue weighted by molar-refractivity contribution is 5.91. The van der Waals surface area contributed by atoms with Crippen LogP contribution in [0.5, 0.6) is 5.75 Å². The number of nitrogens with zero attached hydrogens (tertiary/aromatic N) is 6. The minimum absolute atomic E-state index is 0.0357. The van der Waals surface area contributed by atoms with Gasteiger partial charge in [-0.25, -0.2) is 4.79 Å². The van der Waals surface area contributed by atoms with Crippen molar-refractivity contribution < 1.29 is 27.4 Å². The van der Waals surface area contributed by atoms with Crippen molar-refractivity contribution in [1.29, 1.82) is 0 Å². The summed E-state index contributed by atoms with van der Waals surface area (Å²) in [6.07, 6.45) is -2.17. The van der Waals surface area contributed by atoms with Crippen molar-refractivity contribution in [2.75, 3.05) is 80.6 Å². The Kier molecular flexibility index (Phi) is 8.03. The predicted octanol–water partition coefficient (Wildman–Crippen LogP) is 3.03. The Bertz CT molecular complexity index is 1070. The van der Waals surface area contributed by atoms with Gasteiger partial charge in [-0.05, 0) is 37.1 Å². The maximum Gasteiger partial charge on any atom is 0.573 e. The van der Waals surface area contributed by atoms with Gasteiger partial charge in [0.25, 0.3) is 0 Å². The van der Waals surface area contributed by atoms with E-state index in [0.717, 1.165) is 69.9 Å². The van der Waals surface area contributed by atoms with E-state index >= 15 is 0 Å². The first-order chi connectivity index (χ1) is 18.3. The molecule has 0 aliphatic carbocycles. The first kappa shape index (κ1) is 26.3. The van der Waals surface area contributed by atoms with Crippen molar-refractivity contribution >= 4 is 23.4 Å². The first-order valence-electron chi connectivity index (χ1n) is 12.9. The van der Waals surface area contributed by atoms with Gasteiger partial charge in [0.05, 0.1) is 11.8 Å². The van der Waals surface area contributed by atoms with E-state index in [4.69, 9.17) is 4.74 Å². The second kappa shape index (κ2) is 11.6. The molecule has 3 saturated heterocycles. The van der Waals surface area contributed by atoms with Crippen molar-refractivity contribution in [3.63, 3.8) is 0 Å². The number of rotatable bonds is 6. The number of benzene rings is 1. The number of ether oxygens (including phenoxy) is 2. The maximum atomic E-state index is 12.7. The van der Waals surface area contributed by atoms with Gasteiger partial charge >= 0.3 is 12.4 Å². The number of carbonyl (C=O) groups excluding carboxylic acids is 1. The number of para-hydroxylation sites is 2. The largest absolute Gasteiger partial charge is 0.573 e. The molecule has 13 heteroatoms. The topological polar surface area (TPSA) is 86.3 Å². The highest BCUT2D eigenvalue weighted by Gasteiger charge is 2.32. The summed E-state index contributed by atoms with van der Waals surface area (Å²) in [5.41, 5.74) is -0.0357. The molecule has 0 saturated carbocycles. The van der Waals surface area contributed by atoms with Gasteiger partial charge in [0.2, 0.25) is 0 Å². The fourth-order valence-electron chi connectivity index (χ4n) is 5.01. The number of urea groups is 1. The Hall–Kier alpha value is -3.32. The van der Waals surface area contributed by atoms with Crippen LogP contribution in [0.4, 0.5) is 35.3 Å². The van der Waals surface area contributed by atoms with Gasteiger partial charge in [-0.2, -0.15) is 0 Å². The smallest absolute Gasteiger partial charge is 0.404 e. The molecule has 1 N–H and O–H groups in total. The molecule has 2 amide bonds. The first-order valence-corrected chi connectivity index (χ1v) is 12.9. The normalized spacial score (nSPS) is 21.0. The van der Waals surface area contributed by atoms with E-state index in [1.165, 1.54) is 18.2 Å². The zero-order valence-electron chi connectivity index (χ0n) is 21.1. The van der Waals surface area contributed by atoms with Crippen molar-refractivity contribution in [2.24, 2.45) is 0 Å². The van der Waals surface area contributed by atoms with Crippen LogP contribution in [-0.4, -0.2) is 104 Å². The van der Waals surface area contributed by atoms with Gasteiger partial charge in [0.15, 0.2) is 17.4 Å². The van der Waals surface area contributed by atoms with Crippen LogP contribution in [0, 0.1) is 0 Å². The van der Waals surface area contributed by atoms with Crippen LogP contribution in [0.1, 0.15) is 12.8 Å². The lowest BCUT2D eigenvalue weighted by Crippen LogP contribution is -2.50. The average molecular weight is 536 g/mol. The van der Waals surface area contributed by atoms with Gasteiger partial charge < -0.3 is 29.5 Å². The fourth-order valence-corrected chi connectivity index (χ4v) is 5.01. The fraction of sp³-hybridized carbons (Fsp3) is 0.560. The second-order valence-corrected chi connectivity index (χ2v) is 9.62. The molecule has 5 rings (SSSR count). The number of anilines is 3. The molecule has 0 bridgehead atoms. The molecule has 1 atom stereocenters. The molecule has 1 aromatic heterocycles. The quantitative estimate of drug-likeness (QED) is 0.605. The van der Waals surface area contributed by atoms with Crippen molar-refractivity contribution in [3.8, 4) is 5.75 Å². The van der Waals surface area contributed by atoms with Gasteiger partial charge in [-0.15, -0.1) is 23.4 Å². The van der Waals surface area contributed by atoms with Gasteiger partial charge in [0, 0.05) is 65.5 Å². The third-order valence-corrected chi connectivity index (χ3v) is 7.06. The Labute approximate surface area is 219 Å². The monoisotopic (exact) mass is 535 g/mol. The molecular weight excluding hydrogens is 503 g/mol. The molecule has 3 aliphatic rings. The van der Waals surface area contributed by atoms with Crippen molar-refractivity contribution in [1.82, 2.24) is 20.0 Å². The van der Waals surface area contributed by atoms with Gasteiger partial charge in [0.1, 0.15) is 0 Å². The number of piperazine rings is 2. The summed E-state index contributed by atoms with van der Waals surface area (Å²) < 4.78 is 47.8. The molecule has 3 aliphatic heterocycles. The van der Waals surface area contributed by atoms with Gasteiger partial charge in [-0.3, -0.25) is 4.90 Å². The molecule has 4 heterocycles. The number of amides is 2. The summed E-state index contributed by atoms with van der Waals surface area (Å²) in [6, 6.07) is 8.92. The minimum Gasteiger partial charge on any atom is -0.404 e. The summed E-state index contributed by atoms with van der Waals surface area (Å²) in [5, 5.41) is 11.4. The van der Waals surface area contributed by atoms with E-state index in [2.05, 4.69) is 30.1 Å². The van der Waals surface area contributed by atoms with Crippen LogP contribution < -0.4 is 19.9 Å².